The quantitative estimate of drug-likeness (QED) is 0.760. The Morgan fingerprint density at radius 3 is 2.36 bits per heavy atom. The van der Waals surface area contributed by atoms with Gasteiger partial charge in [-0.1, -0.05) is 29.3 Å². The van der Waals surface area contributed by atoms with E-state index in [1.165, 1.54) is 4.88 Å². The van der Waals surface area contributed by atoms with Crippen LogP contribution in [0.25, 0.3) is 0 Å². The van der Waals surface area contributed by atoms with Gasteiger partial charge in [0.2, 0.25) is 0 Å². The summed E-state index contributed by atoms with van der Waals surface area (Å²) in [7, 11) is 0. The van der Waals surface area contributed by atoms with E-state index in [0.29, 0.717) is 10.3 Å². The summed E-state index contributed by atoms with van der Waals surface area (Å²) in [5.74, 6) is 0. The van der Waals surface area contributed by atoms with Crippen LogP contribution in [-0.4, -0.2) is 47.5 Å². The second kappa shape index (κ2) is 7.75. The molecule has 1 fully saturated rings. The van der Waals surface area contributed by atoms with Gasteiger partial charge in [-0.25, -0.2) is 4.98 Å². The molecule has 2 aromatic heterocycles. The number of rotatable bonds is 5. The predicted molar refractivity (Wildman–Crippen MR) is 94.0 cm³/mol. The molecular formula is C16H19Cl2N3S. The monoisotopic (exact) mass is 355 g/mol. The lowest BCUT2D eigenvalue weighted by molar-refractivity contribution is 0.128. The summed E-state index contributed by atoms with van der Waals surface area (Å²) in [6, 6.07) is 8.15. The van der Waals surface area contributed by atoms with Crippen LogP contribution in [0.15, 0.2) is 29.6 Å². The van der Waals surface area contributed by atoms with Crippen molar-refractivity contribution in [2.45, 2.75) is 13.0 Å². The van der Waals surface area contributed by atoms with Crippen molar-refractivity contribution in [3.8, 4) is 0 Å². The number of hydrogen-bond acceptors (Lipinski definition) is 4. The molecule has 0 unspecified atom stereocenters. The maximum atomic E-state index is 5.96. The maximum absolute atomic E-state index is 5.96. The van der Waals surface area contributed by atoms with Gasteiger partial charge in [0, 0.05) is 44.1 Å². The zero-order chi connectivity index (χ0) is 15.4. The topological polar surface area (TPSA) is 19.4 Å². The van der Waals surface area contributed by atoms with E-state index in [2.05, 4.69) is 32.3 Å². The molecule has 0 aliphatic carbocycles. The van der Waals surface area contributed by atoms with Crippen LogP contribution in [0.3, 0.4) is 0 Å². The van der Waals surface area contributed by atoms with Crippen LogP contribution in [0.1, 0.15) is 10.4 Å². The minimum absolute atomic E-state index is 0.470. The van der Waals surface area contributed by atoms with Crippen molar-refractivity contribution in [1.82, 2.24) is 14.8 Å². The summed E-state index contributed by atoms with van der Waals surface area (Å²) in [6.07, 6.45) is 1.16. The van der Waals surface area contributed by atoms with E-state index in [1.807, 2.05) is 23.5 Å². The number of nitrogens with zero attached hydrogens (tertiary/aromatic N) is 3. The lowest BCUT2D eigenvalue weighted by Gasteiger charge is -2.34. The summed E-state index contributed by atoms with van der Waals surface area (Å²) in [6.45, 7) is 6.46. The van der Waals surface area contributed by atoms with Gasteiger partial charge in [-0.2, -0.15) is 0 Å². The van der Waals surface area contributed by atoms with Crippen LogP contribution >= 0.6 is 34.5 Å². The van der Waals surface area contributed by atoms with E-state index in [0.717, 1.165) is 51.3 Å². The third-order valence-corrected chi connectivity index (χ3v) is 5.27. The van der Waals surface area contributed by atoms with Crippen molar-refractivity contribution in [2.24, 2.45) is 0 Å². The van der Waals surface area contributed by atoms with Gasteiger partial charge in [-0.3, -0.25) is 4.90 Å². The highest BCUT2D eigenvalue weighted by Gasteiger charge is 2.17. The second-order valence-corrected chi connectivity index (χ2v) is 7.37. The van der Waals surface area contributed by atoms with Gasteiger partial charge in [0.25, 0.3) is 0 Å². The fourth-order valence-corrected chi connectivity index (χ4v) is 3.96. The van der Waals surface area contributed by atoms with Gasteiger partial charge in [-0.05, 0) is 35.6 Å². The van der Waals surface area contributed by atoms with Gasteiger partial charge in [0.15, 0.2) is 0 Å². The molecule has 0 aromatic carbocycles. The van der Waals surface area contributed by atoms with Crippen LogP contribution in [0.2, 0.25) is 10.3 Å². The molecule has 6 heteroatoms. The molecule has 1 aliphatic rings. The smallest absolute Gasteiger partial charge is 0.131 e. The summed E-state index contributed by atoms with van der Waals surface area (Å²) in [5.41, 5.74) is 1.14. The van der Waals surface area contributed by atoms with Gasteiger partial charge < -0.3 is 4.90 Å². The number of hydrogen-bond donors (Lipinski definition) is 0. The molecule has 1 saturated heterocycles. The van der Waals surface area contributed by atoms with E-state index >= 15 is 0 Å². The molecule has 22 heavy (non-hydrogen) atoms. The van der Waals surface area contributed by atoms with Gasteiger partial charge in [0.1, 0.15) is 10.3 Å². The predicted octanol–water partition coefficient (Wildman–Crippen LogP) is 3.81. The van der Waals surface area contributed by atoms with E-state index in [-0.39, 0.29) is 0 Å². The van der Waals surface area contributed by atoms with Gasteiger partial charge in [-0.15, -0.1) is 11.3 Å². The maximum Gasteiger partial charge on any atom is 0.131 e. The van der Waals surface area contributed by atoms with E-state index in [4.69, 9.17) is 23.2 Å². The van der Waals surface area contributed by atoms with Crippen LogP contribution in [0, 0.1) is 0 Å². The lowest BCUT2D eigenvalue weighted by Crippen LogP contribution is -2.46. The lowest BCUT2D eigenvalue weighted by atomic mass is 10.2. The van der Waals surface area contributed by atoms with Crippen LogP contribution in [0.5, 0.6) is 0 Å². The Balaban J connectivity index is 1.45. The fraction of sp³-hybridized carbons (Fsp3) is 0.438. The molecule has 0 bridgehead atoms. The highest BCUT2D eigenvalue weighted by atomic mass is 35.5. The molecule has 0 saturated carbocycles. The molecular weight excluding hydrogens is 337 g/mol. The molecule has 0 spiro atoms. The molecule has 0 N–H and O–H groups in total. The van der Waals surface area contributed by atoms with Gasteiger partial charge >= 0.3 is 0 Å². The number of halogens is 2. The van der Waals surface area contributed by atoms with Crippen molar-refractivity contribution in [1.29, 1.82) is 0 Å². The Hall–Kier alpha value is -0.650. The minimum atomic E-state index is 0.470. The van der Waals surface area contributed by atoms with Gasteiger partial charge in [0.05, 0.1) is 0 Å². The SMILES string of the molecule is Clc1cc(CN2CCN(CCc3cccs3)CC2)cc(Cl)n1. The average molecular weight is 356 g/mol. The number of pyridine rings is 1. The van der Waals surface area contributed by atoms with Crippen molar-refractivity contribution in [3.05, 3.63) is 50.4 Å². The first-order valence-corrected chi connectivity index (χ1v) is 9.12. The normalized spacial score (nSPS) is 17.0. The molecule has 3 heterocycles. The molecule has 2 aromatic rings. The molecule has 0 atom stereocenters. The average Bonchev–Trinajstić information content (AvgIpc) is 2.99. The Kier molecular flexibility index (Phi) is 5.71. The fourth-order valence-electron chi connectivity index (χ4n) is 2.76. The van der Waals surface area contributed by atoms with Crippen LogP contribution in [0.4, 0.5) is 0 Å². The van der Waals surface area contributed by atoms with E-state index in [1.54, 1.807) is 0 Å². The van der Waals surface area contributed by atoms with Crippen LogP contribution < -0.4 is 0 Å². The largest absolute Gasteiger partial charge is 0.300 e. The highest BCUT2D eigenvalue weighted by Crippen LogP contribution is 2.17. The molecule has 0 radical (unpaired) electrons. The molecule has 1 aliphatic heterocycles. The molecule has 3 rings (SSSR count). The van der Waals surface area contributed by atoms with E-state index < -0.39 is 0 Å². The highest BCUT2D eigenvalue weighted by molar-refractivity contribution is 7.09. The number of aromatic nitrogens is 1. The van der Waals surface area contributed by atoms with Crippen molar-refractivity contribution < 1.29 is 0 Å². The zero-order valence-corrected chi connectivity index (χ0v) is 14.7. The third kappa shape index (κ3) is 4.67. The summed E-state index contributed by atoms with van der Waals surface area (Å²) < 4.78 is 0. The van der Waals surface area contributed by atoms with Crippen LogP contribution in [-0.2, 0) is 13.0 Å². The molecule has 3 nitrogen and oxygen atoms in total. The zero-order valence-electron chi connectivity index (χ0n) is 12.3. The van der Waals surface area contributed by atoms with E-state index in [9.17, 15) is 0 Å². The van der Waals surface area contributed by atoms with Crippen molar-refractivity contribution in [2.75, 3.05) is 32.7 Å². The Morgan fingerprint density at radius 1 is 1.05 bits per heavy atom. The minimum Gasteiger partial charge on any atom is -0.300 e. The molecule has 0 amide bonds. The Morgan fingerprint density at radius 2 is 1.73 bits per heavy atom. The molecule has 118 valence electrons. The van der Waals surface area contributed by atoms with Crippen molar-refractivity contribution in [3.63, 3.8) is 0 Å². The Labute approximate surface area is 145 Å². The summed E-state index contributed by atoms with van der Waals surface area (Å²) >= 11 is 13.8. The third-order valence-electron chi connectivity index (χ3n) is 3.95. The second-order valence-electron chi connectivity index (χ2n) is 5.57. The standard InChI is InChI=1S/C16H19Cl2N3S/c17-15-10-13(11-16(18)19-15)12-21-7-5-20(6-8-21)4-3-14-2-1-9-22-14/h1-2,9-11H,3-8,12H2. The summed E-state index contributed by atoms with van der Waals surface area (Å²) in [4.78, 5) is 10.5. The summed E-state index contributed by atoms with van der Waals surface area (Å²) in [5, 5.41) is 3.09. The van der Waals surface area contributed by atoms with Crippen molar-refractivity contribution >= 4 is 34.5 Å². The first-order chi connectivity index (χ1) is 10.7. The first kappa shape index (κ1) is 16.2. The first-order valence-electron chi connectivity index (χ1n) is 7.48. The number of thiophene rings is 1. The Bertz CT molecular complexity index is 575. The number of piperazine rings is 1.